The summed E-state index contributed by atoms with van der Waals surface area (Å²) in [6.07, 6.45) is 10.7. The second-order valence-electron chi connectivity index (χ2n) is 14.0. The number of allylic oxidation sites excluding steroid dienone is 4. The van der Waals surface area contributed by atoms with E-state index in [9.17, 15) is 10.2 Å². The molecule has 7 heteroatoms. The number of fused-ring (bicyclic) bond motifs is 4. The Labute approximate surface area is 299 Å². The van der Waals surface area contributed by atoms with Gasteiger partial charge in [-0.3, -0.25) is 4.99 Å². The number of hydrogen-bond acceptors (Lipinski definition) is 5. The molecule has 0 aromatic heterocycles. The number of thioether (sulfide) groups is 1. The maximum absolute atomic E-state index is 9.88. The van der Waals surface area contributed by atoms with Crippen molar-refractivity contribution in [3.05, 3.63) is 57.0 Å². The Balaban J connectivity index is 0.000000361. The van der Waals surface area contributed by atoms with Crippen molar-refractivity contribution in [2.24, 2.45) is 34.1 Å². The van der Waals surface area contributed by atoms with Crippen LogP contribution < -0.4 is 0 Å². The molecule has 0 amide bonds. The number of aliphatic imine (C=N–C) groups is 1. The third-order valence-electron chi connectivity index (χ3n) is 9.90. The number of ether oxygens (including phenoxy) is 1. The second kappa shape index (κ2) is 16.9. The van der Waals surface area contributed by atoms with Gasteiger partial charge in [0.2, 0.25) is 0 Å². The first-order chi connectivity index (χ1) is 22.9. The van der Waals surface area contributed by atoms with Crippen LogP contribution in [0.4, 0.5) is 0 Å². The predicted octanol–water partition coefficient (Wildman–Crippen LogP) is 10.2. The molecule has 257 valence electrons. The molecule has 0 spiro atoms. The molecule has 0 bridgehead atoms. The van der Waals surface area contributed by atoms with Gasteiger partial charge in [-0.1, -0.05) is 67.7 Å². The van der Waals surface area contributed by atoms with Crippen LogP contribution in [0.25, 0.3) is 5.32 Å². The van der Waals surface area contributed by atoms with Gasteiger partial charge in [0.1, 0.15) is 0 Å². The molecule has 45 heavy (non-hydrogen) atoms. The van der Waals surface area contributed by atoms with E-state index in [-0.39, 0.29) is 60.8 Å². The van der Waals surface area contributed by atoms with Crippen LogP contribution in [-0.4, -0.2) is 46.1 Å². The van der Waals surface area contributed by atoms with Crippen LogP contribution in [0, 0.1) is 35.5 Å². The molecule has 4 heterocycles. The molecule has 0 aromatic rings. The average Bonchev–Trinajstić information content (AvgIpc) is 3.59. The Morgan fingerprint density at radius 1 is 1.22 bits per heavy atom. The molecular weight excluding hydrogens is 757 g/mol. The fourth-order valence-corrected chi connectivity index (χ4v) is 8.91. The van der Waals surface area contributed by atoms with Gasteiger partial charge in [0.15, 0.2) is 6.23 Å². The van der Waals surface area contributed by atoms with Gasteiger partial charge in [0.05, 0.1) is 11.9 Å². The van der Waals surface area contributed by atoms with E-state index in [0.717, 1.165) is 66.8 Å². The van der Waals surface area contributed by atoms with E-state index in [1.807, 2.05) is 20.8 Å². The topological polar surface area (TPSA) is 76.2 Å². The summed E-state index contributed by atoms with van der Waals surface area (Å²) in [7, 11) is 0. The number of nitrogens with zero attached hydrogens (tertiary/aromatic N) is 2. The second-order valence-corrected chi connectivity index (χ2v) is 15.2. The van der Waals surface area contributed by atoms with Crippen LogP contribution in [-0.2, 0) is 24.8 Å². The van der Waals surface area contributed by atoms with Crippen molar-refractivity contribution in [3.8, 4) is 0 Å². The van der Waals surface area contributed by atoms with Crippen LogP contribution in [0.2, 0.25) is 0 Å². The number of aliphatic hydroxyl groups is 2. The summed E-state index contributed by atoms with van der Waals surface area (Å²) in [6.45, 7) is 14.6. The molecule has 5 aliphatic rings. The Kier molecular flexibility index (Phi) is 11.8. The predicted molar refractivity (Wildman–Crippen MR) is 188 cm³/mol. The van der Waals surface area contributed by atoms with E-state index in [0.29, 0.717) is 18.7 Å². The zero-order valence-corrected chi connectivity index (χ0v) is 31.9. The van der Waals surface area contributed by atoms with Gasteiger partial charge in [-0.05, 0) is 91.0 Å². The molecule has 3 unspecified atom stereocenters. The van der Waals surface area contributed by atoms with Crippen LogP contribution in [0.1, 0.15) is 127 Å². The van der Waals surface area contributed by atoms with Crippen molar-refractivity contribution >= 4 is 17.5 Å². The van der Waals surface area contributed by atoms with E-state index >= 15 is 0 Å². The van der Waals surface area contributed by atoms with Crippen LogP contribution in [0.3, 0.4) is 0 Å². The van der Waals surface area contributed by atoms with E-state index in [2.05, 4.69) is 52.1 Å². The summed E-state index contributed by atoms with van der Waals surface area (Å²) in [5, 5.41) is 24.8. The third kappa shape index (κ3) is 9.13. The minimum absolute atomic E-state index is 0. The number of hydrogen-bond donors (Lipinski definition) is 2. The van der Waals surface area contributed by atoms with Crippen molar-refractivity contribution in [2.75, 3.05) is 6.54 Å². The van der Waals surface area contributed by atoms with Gasteiger partial charge in [-0.15, -0.1) is 36.8 Å². The van der Waals surface area contributed by atoms with Gasteiger partial charge < -0.3 is 20.3 Å². The summed E-state index contributed by atoms with van der Waals surface area (Å²) in [5.41, 5.74) is 3.15. The fourth-order valence-electron chi connectivity index (χ4n) is 7.24. The van der Waals surface area contributed by atoms with E-state index in [1.165, 1.54) is 5.57 Å². The molecule has 4 aliphatic heterocycles. The Hall–Kier alpha value is -0.981. The Bertz CT molecular complexity index is 1340. The Morgan fingerprint density at radius 3 is 2.56 bits per heavy atom. The molecule has 0 aromatic carbocycles. The minimum atomic E-state index is -2.16. The molecule has 1 aliphatic carbocycles. The van der Waals surface area contributed by atoms with Gasteiger partial charge in [-0.25, -0.2) is 6.42 Å². The largest absolute Gasteiger partial charge is 0.654 e. The molecule has 1 radical (unpaired) electrons. The van der Waals surface area contributed by atoms with E-state index < -0.39 is 31.0 Å². The van der Waals surface area contributed by atoms with Crippen molar-refractivity contribution in [1.82, 2.24) is 0 Å². The van der Waals surface area contributed by atoms with Gasteiger partial charge >= 0.3 is 0 Å². The van der Waals surface area contributed by atoms with Crippen molar-refractivity contribution in [3.63, 3.8) is 0 Å². The zero-order valence-electron chi connectivity index (χ0n) is 33.7. The first kappa shape index (κ1) is 31.3. The molecule has 1 fully saturated rings. The fraction of sp³-hybridized carbons (Fsp3) is 0.737. The SMILES string of the molecule is CCC(CC)/C(O)=C/[C@@H](O)C(CC)CC.[2H]C([2H])([2H])C1=NC2OC3=C([C@@H]4[N-]CC=C5C(C)=C(C([2H])([2H])C(C)(C)C)S[C@@H]54)[CH-]CCC3C2CC1.[Ir]. The Morgan fingerprint density at radius 2 is 1.93 bits per heavy atom. The smallest absolute Gasteiger partial charge is 0.171 e. The van der Waals surface area contributed by atoms with Crippen LogP contribution in [0.5, 0.6) is 0 Å². The quantitative estimate of drug-likeness (QED) is 0.179. The first-order valence-corrected chi connectivity index (χ1v) is 17.9. The molecule has 2 N–H and O–H groups in total. The van der Waals surface area contributed by atoms with Crippen molar-refractivity contribution < 1.29 is 41.9 Å². The number of rotatable bonds is 9. The van der Waals surface area contributed by atoms with Gasteiger partial charge in [0, 0.05) is 49.8 Å². The molecule has 1 saturated heterocycles. The van der Waals surface area contributed by atoms with Gasteiger partial charge in [-0.2, -0.15) is 5.57 Å². The summed E-state index contributed by atoms with van der Waals surface area (Å²) in [5.74, 6) is 2.27. The number of aliphatic hydroxyl groups excluding tert-OH is 2. The molecule has 0 saturated carbocycles. The summed E-state index contributed by atoms with van der Waals surface area (Å²) in [4.78, 5) is 5.37. The van der Waals surface area contributed by atoms with Gasteiger partial charge in [0.25, 0.3) is 0 Å². The maximum atomic E-state index is 9.88. The molecular formula is C38H60IrN2O3S-2. The summed E-state index contributed by atoms with van der Waals surface area (Å²) in [6, 6.07) is -0.0859. The van der Waals surface area contributed by atoms with Crippen molar-refractivity contribution in [2.45, 2.75) is 144 Å². The minimum Gasteiger partial charge on any atom is -0.654 e. The third-order valence-corrected chi connectivity index (χ3v) is 11.3. The normalized spacial score (nSPS) is 30.9. The maximum Gasteiger partial charge on any atom is 0.171 e. The first-order valence-electron chi connectivity index (χ1n) is 19.6. The van der Waals surface area contributed by atoms with Crippen LogP contribution >= 0.6 is 11.8 Å². The standard InChI is InChI=1S/C25H34N2OS.C13H26O2.Ir/c1-14-9-10-18-17-7-6-8-19(22(17)28-24(18)27-14)21-23-16(11-12-26-21)15(2)20(29-23)13-25(3,4)5;1-5-10(6-2)12(14)9-13(15)11(7-3)8-4;/h8,11,17-18,21,23-24H,6-7,9-10,12-13H2,1-5H3;9-12,14-15H,5-8H2,1-4H3;/q-2;;/b;13-9-;/t17?,18?,21-,23-,24?;12-;/m01./s1/i1D3,13D2;;. The zero-order chi connectivity index (χ0) is 36.5. The van der Waals surface area contributed by atoms with E-state index in [4.69, 9.17) is 16.9 Å². The average molecular weight is 822 g/mol. The monoisotopic (exact) mass is 822 g/mol. The summed E-state index contributed by atoms with van der Waals surface area (Å²) < 4.78 is 47.5. The van der Waals surface area contributed by atoms with E-state index in [1.54, 1.807) is 17.8 Å². The molecule has 5 rings (SSSR count). The van der Waals surface area contributed by atoms with Crippen LogP contribution in [0.15, 0.2) is 50.3 Å². The molecule has 5 nitrogen and oxygen atoms in total. The summed E-state index contributed by atoms with van der Waals surface area (Å²) >= 11 is 1.63. The molecule has 6 atom stereocenters. The van der Waals surface area contributed by atoms with Crippen molar-refractivity contribution in [1.29, 1.82) is 0 Å².